The Balaban J connectivity index is 1.74. The van der Waals surface area contributed by atoms with E-state index in [9.17, 15) is 4.79 Å². The highest BCUT2D eigenvalue weighted by Crippen LogP contribution is 2.25. The summed E-state index contributed by atoms with van der Waals surface area (Å²) < 4.78 is 1.75. The molecule has 1 heterocycles. The quantitative estimate of drug-likeness (QED) is 0.804. The molecule has 0 radical (unpaired) electrons. The molecular weight excluding hydrogens is 188 g/mol. The second kappa shape index (κ2) is 4.62. The Hall–Kier alpha value is -1.09. The number of hydrogen-bond donors (Lipinski definition) is 1. The minimum absolute atomic E-state index is 0.0845. The number of pyridine rings is 1. The van der Waals surface area contributed by atoms with Crippen LogP contribution in [-0.4, -0.2) is 17.2 Å². The van der Waals surface area contributed by atoms with Gasteiger partial charge in [0, 0.05) is 31.4 Å². The highest BCUT2D eigenvalue weighted by molar-refractivity contribution is 4.93. The summed E-state index contributed by atoms with van der Waals surface area (Å²) in [5, 5.41) is 3.47. The highest BCUT2D eigenvalue weighted by Gasteiger charge is 2.23. The fourth-order valence-corrected chi connectivity index (χ4v) is 2.10. The van der Waals surface area contributed by atoms with Crippen molar-refractivity contribution in [2.75, 3.05) is 6.54 Å². The van der Waals surface area contributed by atoms with Crippen LogP contribution in [-0.2, 0) is 6.54 Å². The molecule has 3 heteroatoms. The molecule has 0 bridgehead atoms. The van der Waals surface area contributed by atoms with E-state index in [1.807, 2.05) is 12.3 Å². The Morgan fingerprint density at radius 3 is 2.93 bits per heavy atom. The summed E-state index contributed by atoms with van der Waals surface area (Å²) in [4.78, 5) is 11.4. The maximum Gasteiger partial charge on any atom is 0.250 e. The molecule has 3 nitrogen and oxygen atoms in total. The first-order valence-corrected chi connectivity index (χ1v) is 5.64. The third-order valence-electron chi connectivity index (χ3n) is 3.06. The van der Waals surface area contributed by atoms with Crippen molar-refractivity contribution < 1.29 is 0 Å². The van der Waals surface area contributed by atoms with Gasteiger partial charge in [0.1, 0.15) is 0 Å². The lowest BCUT2D eigenvalue weighted by Crippen LogP contribution is -2.42. The normalized spacial score (nSPS) is 24.9. The predicted molar refractivity (Wildman–Crippen MR) is 60.9 cm³/mol. The molecule has 1 aromatic rings. The molecule has 1 aromatic heterocycles. The van der Waals surface area contributed by atoms with Crippen molar-refractivity contribution >= 4 is 0 Å². The monoisotopic (exact) mass is 206 g/mol. The maximum atomic E-state index is 11.4. The van der Waals surface area contributed by atoms with Crippen LogP contribution in [0.1, 0.15) is 19.8 Å². The van der Waals surface area contributed by atoms with Gasteiger partial charge in [-0.15, -0.1) is 0 Å². The lowest BCUT2D eigenvalue weighted by molar-refractivity contribution is 0.240. The predicted octanol–water partition coefficient (Wildman–Crippen LogP) is 1.24. The van der Waals surface area contributed by atoms with Crippen LogP contribution in [0.3, 0.4) is 0 Å². The van der Waals surface area contributed by atoms with Crippen LogP contribution in [0.4, 0.5) is 0 Å². The zero-order valence-corrected chi connectivity index (χ0v) is 9.15. The van der Waals surface area contributed by atoms with Crippen molar-refractivity contribution in [1.82, 2.24) is 9.88 Å². The molecule has 15 heavy (non-hydrogen) atoms. The van der Waals surface area contributed by atoms with Gasteiger partial charge in [-0.05, 0) is 24.8 Å². The average Bonchev–Trinajstić information content (AvgIpc) is 2.18. The standard InChI is InChI=1S/C12H18N2O/c1-10-8-11(9-10)13-5-7-14-6-3-2-4-12(14)15/h2-4,6,10-11,13H,5,7-9H2,1H3. The van der Waals surface area contributed by atoms with Gasteiger partial charge in [-0.25, -0.2) is 0 Å². The summed E-state index contributed by atoms with van der Waals surface area (Å²) in [6, 6.07) is 5.96. The molecule has 1 aliphatic rings. The summed E-state index contributed by atoms with van der Waals surface area (Å²) in [5.74, 6) is 0.877. The minimum Gasteiger partial charge on any atom is -0.314 e. The number of aromatic nitrogens is 1. The number of hydrogen-bond acceptors (Lipinski definition) is 2. The van der Waals surface area contributed by atoms with Crippen molar-refractivity contribution in [3.8, 4) is 0 Å². The maximum absolute atomic E-state index is 11.4. The van der Waals surface area contributed by atoms with Gasteiger partial charge in [-0.3, -0.25) is 4.79 Å². The molecule has 0 aromatic carbocycles. The van der Waals surface area contributed by atoms with Gasteiger partial charge in [-0.2, -0.15) is 0 Å². The first kappa shape index (κ1) is 10.4. The van der Waals surface area contributed by atoms with Crippen LogP contribution in [0.5, 0.6) is 0 Å². The van der Waals surface area contributed by atoms with E-state index in [-0.39, 0.29) is 5.56 Å². The second-order valence-corrected chi connectivity index (χ2v) is 4.46. The number of rotatable bonds is 4. The lowest BCUT2D eigenvalue weighted by Gasteiger charge is -2.33. The van der Waals surface area contributed by atoms with E-state index in [2.05, 4.69) is 12.2 Å². The average molecular weight is 206 g/mol. The van der Waals surface area contributed by atoms with Gasteiger partial charge >= 0.3 is 0 Å². The summed E-state index contributed by atoms with van der Waals surface area (Å²) in [7, 11) is 0. The molecule has 1 fully saturated rings. The van der Waals surface area contributed by atoms with Crippen molar-refractivity contribution in [1.29, 1.82) is 0 Å². The molecule has 0 amide bonds. The van der Waals surface area contributed by atoms with Gasteiger partial charge < -0.3 is 9.88 Å². The van der Waals surface area contributed by atoms with Crippen LogP contribution in [0, 0.1) is 5.92 Å². The van der Waals surface area contributed by atoms with Crippen LogP contribution in [0.15, 0.2) is 29.2 Å². The van der Waals surface area contributed by atoms with Gasteiger partial charge in [0.15, 0.2) is 0 Å². The van der Waals surface area contributed by atoms with Crippen LogP contribution < -0.4 is 10.9 Å². The molecule has 0 saturated heterocycles. The third kappa shape index (κ3) is 2.69. The Morgan fingerprint density at radius 1 is 1.47 bits per heavy atom. The fraction of sp³-hybridized carbons (Fsp3) is 0.583. The summed E-state index contributed by atoms with van der Waals surface area (Å²) >= 11 is 0. The summed E-state index contributed by atoms with van der Waals surface area (Å²) in [6.07, 6.45) is 4.40. The van der Waals surface area contributed by atoms with Crippen molar-refractivity contribution in [2.24, 2.45) is 5.92 Å². The number of nitrogens with zero attached hydrogens (tertiary/aromatic N) is 1. The zero-order chi connectivity index (χ0) is 10.7. The van der Waals surface area contributed by atoms with E-state index < -0.39 is 0 Å². The SMILES string of the molecule is CC1CC(NCCn2ccccc2=O)C1. The summed E-state index contributed by atoms with van der Waals surface area (Å²) in [5.41, 5.74) is 0.0845. The minimum atomic E-state index is 0.0845. The molecule has 1 N–H and O–H groups in total. The molecular formula is C12H18N2O. The molecule has 0 aliphatic heterocycles. The van der Waals surface area contributed by atoms with Crippen molar-refractivity contribution in [3.05, 3.63) is 34.7 Å². The van der Waals surface area contributed by atoms with Gasteiger partial charge in [-0.1, -0.05) is 13.0 Å². The topological polar surface area (TPSA) is 34.0 Å². The Morgan fingerprint density at radius 2 is 2.27 bits per heavy atom. The summed E-state index contributed by atoms with van der Waals surface area (Å²) in [6.45, 7) is 3.94. The van der Waals surface area contributed by atoms with E-state index >= 15 is 0 Å². The van der Waals surface area contributed by atoms with Crippen molar-refractivity contribution in [2.45, 2.75) is 32.4 Å². The van der Waals surface area contributed by atoms with Crippen LogP contribution in [0.25, 0.3) is 0 Å². The third-order valence-corrected chi connectivity index (χ3v) is 3.06. The van der Waals surface area contributed by atoms with E-state index in [1.165, 1.54) is 12.8 Å². The second-order valence-electron chi connectivity index (χ2n) is 4.46. The highest BCUT2D eigenvalue weighted by atomic mass is 16.1. The molecule has 0 spiro atoms. The molecule has 1 aliphatic carbocycles. The lowest BCUT2D eigenvalue weighted by atomic mass is 9.82. The van der Waals surface area contributed by atoms with Crippen LogP contribution in [0.2, 0.25) is 0 Å². The molecule has 0 unspecified atom stereocenters. The molecule has 1 saturated carbocycles. The van der Waals surface area contributed by atoms with E-state index in [1.54, 1.807) is 16.7 Å². The first-order chi connectivity index (χ1) is 7.25. The van der Waals surface area contributed by atoms with E-state index in [0.29, 0.717) is 6.04 Å². The largest absolute Gasteiger partial charge is 0.314 e. The zero-order valence-electron chi connectivity index (χ0n) is 9.15. The van der Waals surface area contributed by atoms with Gasteiger partial charge in [0.05, 0.1) is 0 Å². The van der Waals surface area contributed by atoms with Crippen molar-refractivity contribution in [3.63, 3.8) is 0 Å². The van der Waals surface area contributed by atoms with E-state index in [0.717, 1.165) is 19.0 Å². The van der Waals surface area contributed by atoms with Crippen LogP contribution >= 0.6 is 0 Å². The van der Waals surface area contributed by atoms with E-state index in [4.69, 9.17) is 0 Å². The smallest absolute Gasteiger partial charge is 0.250 e. The number of nitrogens with one attached hydrogen (secondary N) is 1. The van der Waals surface area contributed by atoms with Gasteiger partial charge in [0.25, 0.3) is 5.56 Å². The Labute approximate surface area is 90.1 Å². The first-order valence-electron chi connectivity index (χ1n) is 5.64. The van der Waals surface area contributed by atoms with Gasteiger partial charge in [0.2, 0.25) is 0 Å². The molecule has 0 atom stereocenters. The fourth-order valence-electron chi connectivity index (χ4n) is 2.10. The molecule has 82 valence electrons. The Kier molecular flexibility index (Phi) is 3.21. The Bertz CT molecular complexity index is 366. The molecule has 2 rings (SSSR count).